The number of hydrogen-bond donors (Lipinski definition) is 1. The van der Waals surface area contributed by atoms with E-state index in [2.05, 4.69) is 11.9 Å². The third kappa shape index (κ3) is 2.86. The number of benzene rings is 1. The molecule has 5 nitrogen and oxygen atoms in total. The lowest BCUT2D eigenvalue weighted by atomic mass is 10.1. The van der Waals surface area contributed by atoms with Crippen molar-refractivity contribution < 1.29 is 8.42 Å². The van der Waals surface area contributed by atoms with Gasteiger partial charge >= 0.3 is 0 Å². The summed E-state index contributed by atoms with van der Waals surface area (Å²) in [6.07, 6.45) is 2.96. The highest BCUT2D eigenvalue weighted by molar-refractivity contribution is 7.91. The molecule has 20 heavy (non-hydrogen) atoms. The zero-order valence-corrected chi connectivity index (χ0v) is 12.9. The van der Waals surface area contributed by atoms with E-state index in [0.717, 1.165) is 24.2 Å². The van der Waals surface area contributed by atoms with Gasteiger partial charge in [-0.25, -0.2) is 13.4 Å². The summed E-state index contributed by atoms with van der Waals surface area (Å²) < 4.78 is 25.6. The van der Waals surface area contributed by atoms with Crippen molar-refractivity contribution in [3.05, 3.63) is 24.0 Å². The Morgan fingerprint density at radius 1 is 1.40 bits per heavy atom. The van der Waals surface area contributed by atoms with Gasteiger partial charge in [0.25, 0.3) is 0 Å². The molecule has 0 aliphatic rings. The van der Waals surface area contributed by atoms with E-state index in [-0.39, 0.29) is 0 Å². The van der Waals surface area contributed by atoms with Gasteiger partial charge in [0.15, 0.2) is 9.84 Å². The van der Waals surface area contributed by atoms with Gasteiger partial charge in [-0.2, -0.15) is 0 Å². The largest absolute Gasteiger partial charge is 0.331 e. The minimum absolute atomic E-state index is 0.295. The van der Waals surface area contributed by atoms with Crippen molar-refractivity contribution in [1.82, 2.24) is 9.55 Å². The number of nitrogens with zero attached hydrogens (tertiary/aromatic N) is 2. The van der Waals surface area contributed by atoms with E-state index in [1.807, 2.05) is 17.7 Å². The fraction of sp³-hybridized carbons (Fsp3) is 0.500. The summed E-state index contributed by atoms with van der Waals surface area (Å²) in [7, 11) is -1.34. The second-order valence-corrected chi connectivity index (χ2v) is 7.35. The van der Waals surface area contributed by atoms with Gasteiger partial charge in [0.1, 0.15) is 11.3 Å². The zero-order valence-electron chi connectivity index (χ0n) is 12.1. The average molecular weight is 295 g/mol. The number of aryl methyl sites for hydroxylation is 2. The highest BCUT2D eigenvalue weighted by atomic mass is 32.2. The predicted molar refractivity (Wildman–Crippen MR) is 80.4 cm³/mol. The summed E-state index contributed by atoms with van der Waals surface area (Å²) >= 11 is 0. The van der Waals surface area contributed by atoms with E-state index in [4.69, 9.17) is 5.73 Å². The van der Waals surface area contributed by atoms with Crippen molar-refractivity contribution in [1.29, 1.82) is 0 Å². The number of imidazole rings is 1. The fourth-order valence-electron chi connectivity index (χ4n) is 2.25. The molecule has 1 aromatic heterocycles. The third-order valence-electron chi connectivity index (χ3n) is 3.63. The highest BCUT2D eigenvalue weighted by Crippen LogP contribution is 2.23. The van der Waals surface area contributed by atoms with Gasteiger partial charge in [-0.3, -0.25) is 0 Å². The lowest BCUT2D eigenvalue weighted by Crippen LogP contribution is -2.12. The molecule has 2 aromatic rings. The molecule has 1 atom stereocenters. The van der Waals surface area contributed by atoms with Crippen LogP contribution in [0, 0.1) is 5.92 Å². The second kappa shape index (κ2) is 5.54. The van der Waals surface area contributed by atoms with E-state index in [9.17, 15) is 8.42 Å². The molecule has 0 saturated heterocycles. The number of fused-ring (bicyclic) bond motifs is 1. The normalized spacial score (nSPS) is 13.8. The smallest absolute Gasteiger partial charge is 0.177 e. The molecule has 0 saturated carbocycles. The fourth-order valence-corrected chi connectivity index (χ4v) is 3.08. The molecule has 1 heterocycles. The number of rotatable bonds is 5. The van der Waals surface area contributed by atoms with Gasteiger partial charge in [-0.1, -0.05) is 13.0 Å². The monoisotopic (exact) mass is 295 g/mol. The average Bonchev–Trinajstić information content (AvgIpc) is 2.72. The van der Waals surface area contributed by atoms with Crippen molar-refractivity contribution in [2.75, 3.05) is 12.8 Å². The number of para-hydroxylation sites is 1. The Kier molecular flexibility index (Phi) is 4.15. The van der Waals surface area contributed by atoms with Crippen LogP contribution in [0.5, 0.6) is 0 Å². The Morgan fingerprint density at radius 3 is 2.70 bits per heavy atom. The Hall–Kier alpha value is -1.40. The molecular weight excluding hydrogens is 274 g/mol. The highest BCUT2D eigenvalue weighted by Gasteiger charge is 2.17. The molecule has 0 aliphatic carbocycles. The van der Waals surface area contributed by atoms with Crippen molar-refractivity contribution in [2.45, 2.75) is 24.7 Å². The van der Waals surface area contributed by atoms with Crippen LogP contribution in [-0.4, -0.2) is 30.8 Å². The summed E-state index contributed by atoms with van der Waals surface area (Å²) in [6, 6.07) is 5.26. The van der Waals surface area contributed by atoms with Crippen LogP contribution in [0.4, 0.5) is 0 Å². The van der Waals surface area contributed by atoms with Crippen LogP contribution in [-0.2, 0) is 23.3 Å². The minimum atomic E-state index is -3.26. The van der Waals surface area contributed by atoms with Crippen molar-refractivity contribution >= 4 is 20.9 Å². The molecule has 2 rings (SSSR count). The van der Waals surface area contributed by atoms with Crippen molar-refractivity contribution in [3.63, 3.8) is 0 Å². The van der Waals surface area contributed by atoms with E-state index in [0.29, 0.717) is 22.9 Å². The summed E-state index contributed by atoms with van der Waals surface area (Å²) in [4.78, 5) is 4.82. The van der Waals surface area contributed by atoms with Gasteiger partial charge in [-0.15, -0.1) is 0 Å². The Balaban J connectivity index is 2.47. The van der Waals surface area contributed by atoms with Crippen LogP contribution in [0.3, 0.4) is 0 Å². The quantitative estimate of drug-likeness (QED) is 0.907. The molecule has 1 unspecified atom stereocenters. The number of nitrogens with two attached hydrogens (primary N) is 1. The van der Waals surface area contributed by atoms with Crippen LogP contribution in [0.15, 0.2) is 23.1 Å². The van der Waals surface area contributed by atoms with Crippen LogP contribution in [0.1, 0.15) is 19.2 Å². The van der Waals surface area contributed by atoms with Gasteiger partial charge < -0.3 is 10.3 Å². The predicted octanol–water partition coefficient (Wildman–Crippen LogP) is 1.50. The van der Waals surface area contributed by atoms with E-state index in [1.165, 1.54) is 6.26 Å². The second-order valence-electron chi connectivity index (χ2n) is 5.36. The number of aromatic nitrogens is 2. The summed E-state index contributed by atoms with van der Waals surface area (Å²) in [5.41, 5.74) is 7.04. The molecule has 0 spiro atoms. The van der Waals surface area contributed by atoms with E-state index < -0.39 is 9.84 Å². The Bertz CT molecular complexity index is 719. The van der Waals surface area contributed by atoms with Crippen LogP contribution >= 0.6 is 0 Å². The molecule has 0 bridgehead atoms. The maximum atomic E-state index is 11.8. The molecule has 110 valence electrons. The van der Waals surface area contributed by atoms with E-state index in [1.54, 1.807) is 12.1 Å². The topological polar surface area (TPSA) is 78.0 Å². The molecule has 0 radical (unpaired) electrons. The molecular formula is C14H21N3O2S. The lowest BCUT2D eigenvalue weighted by Gasteiger charge is -2.07. The number of hydrogen-bond acceptors (Lipinski definition) is 4. The first-order valence-electron chi connectivity index (χ1n) is 6.69. The molecule has 1 aromatic carbocycles. The SMILES string of the molecule is CC(CN)CCc1nc2c(S(C)(=O)=O)cccc2n1C. The standard InChI is InChI=1S/C14H21N3O2S/c1-10(9-15)7-8-13-16-14-11(17(13)2)5-4-6-12(14)20(3,18)19/h4-6,10H,7-9,15H2,1-3H3. The summed E-state index contributed by atoms with van der Waals surface area (Å²) in [5, 5.41) is 0. The first kappa shape index (κ1) is 15.0. The first-order chi connectivity index (χ1) is 9.34. The molecule has 0 aliphatic heterocycles. The Labute approximate surface area is 119 Å². The summed E-state index contributed by atoms with van der Waals surface area (Å²) in [5.74, 6) is 1.33. The van der Waals surface area contributed by atoms with Crippen molar-refractivity contribution in [3.8, 4) is 0 Å². The molecule has 6 heteroatoms. The lowest BCUT2D eigenvalue weighted by molar-refractivity contribution is 0.531. The molecule has 2 N–H and O–H groups in total. The third-order valence-corrected chi connectivity index (χ3v) is 4.76. The first-order valence-corrected chi connectivity index (χ1v) is 8.58. The van der Waals surface area contributed by atoms with Gasteiger partial charge in [0.05, 0.1) is 10.4 Å². The van der Waals surface area contributed by atoms with Gasteiger partial charge in [0.2, 0.25) is 0 Å². The minimum Gasteiger partial charge on any atom is -0.331 e. The van der Waals surface area contributed by atoms with Crippen molar-refractivity contribution in [2.24, 2.45) is 18.7 Å². The summed E-state index contributed by atoms with van der Waals surface area (Å²) in [6.45, 7) is 2.75. The van der Waals surface area contributed by atoms with Gasteiger partial charge in [0, 0.05) is 19.7 Å². The number of sulfone groups is 1. The maximum absolute atomic E-state index is 11.8. The van der Waals surface area contributed by atoms with E-state index >= 15 is 0 Å². The Morgan fingerprint density at radius 2 is 2.10 bits per heavy atom. The van der Waals surface area contributed by atoms with Crippen LogP contribution in [0.25, 0.3) is 11.0 Å². The van der Waals surface area contributed by atoms with Crippen LogP contribution in [0.2, 0.25) is 0 Å². The zero-order chi connectivity index (χ0) is 14.9. The van der Waals surface area contributed by atoms with Crippen LogP contribution < -0.4 is 5.73 Å². The maximum Gasteiger partial charge on any atom is 0.177 e. The van der Waals surface area contributed by atoms with Gasteiger partial charge in [-0.05, 0) is 31.0 Å². The molecule has 0 fully saturated rings. The molecule has 0 amide bonds.